The largest absolute Gasteiger partial charge is 0.374 e. The lowest BCUT2D eigenvalue weighted by Crippen LogP contribution is -2.28. The molecule has 5 nitrogen and oxygen atoms in total. The number of Topliss-reactive ketones (excluding diaryl/α,β-unsaturated/α-hetero) is 1. The van der Waals surface area contributed by atoms with E-state index in [4.69, 9.17) is 0 Å². The van der Waals surface area contributed by atoms with Crippen molar-refractivity contribution in [3.8, 4) is 0 Å². The van der Waals surface area contributed by atoms with Crippen LogP contribution in [-0.2, 0) is 14.8 Å². The van der Waals surface area contributed by atoms with E-state index in [1.807, 2.05) is 0 Å². The number of hydrogen-bond acceptors (Lipinski definition) is 4. The highest BCUT2D eigenvalue weighted by molar-refractivity contribution is 7.89. The molecular formula is C12H15F2NO4S. The summed E-state index contributed by atoms with van der Waals surface area (Å²) in [7, 11) is -3.79. The van der Waals surface area contributed by atoms with Crippen LogP contribution in [-0.4, -0.2) is 40.4 Å². The number of carbonyl (C=O) groups is 1. The molecule has 0 aliphatic carbocycles. The minimum Gasteiger partial charge on any atom is -0.374 e. The van der Waals surface area contributed by atoms with Crippen LogP contribution in [0.2, 0.25) is 0 Å². The van der Waals surface area contributed by atoms with Gasteiger partial charge in [-0.1, -0.05) is 12.1 Å². The van der Waals surface area contributed by atoms with Crippen LogP contribution in [0.4, 0.5) is 8.78 Å². The summed E-state index contributed by atoms with van der Waals surface area (Å²) < 4.78 is 54.1. The van der Waals surface area contributed by atoms with E-state index < -0.39 is 23.1 Å². The number of ketones is 1. The van der Waals surface area contributed by atoms with Crippen LogP contribution in [0.15, 0.2) is 29.2 Å². The third-order valence-electron chi connectivity index (χ3n) is 2.33. The Morgan fingerprint density at radius 1 is 1.40 bits per heavy atom. The van der Waals surface area contributed by atoms with E-state index in [1.54, 1.807) is 0 Å². The zero-order valence-electron chi connectivity index (χ0n) is 10.8. The molecule has 0 unspecified atom stereocenters. The number of rotatable bonds is 8. The van der Waals surface area contributed by atoms with Crippen molar-refractivity contribution in [3.05, 3.63) is 29.8 Å². The first-order chi connectivity index (χ1) is 9.33. The summed E-state index contributed by atoms with van der Waals surface area (Å²) in [6.07, 6.45) is -2.58. The van der Waals surface area contributed by atoms with Crippen LogP contribution in [0.5, 0.6) is 0 Å². The van der Waals surface area contributed by atoms with Crippen molar-refractivity contribution >= 4 is 15.8 Å². The number of hydrogen-bond donors (Lipinski definition) is 1. The molecule has 1 rings (SSSR count). The van der Waals surface area contributed by atoms with Crippen molar-refractivity contribution in [2.75, 3.05) is 19.8 Å². The van der Waals surface area contributed by atoms with Crippen molar-refractivity contribution < 1.29 is 26.7 Å². The first-order valence-electron chi connectivity index (χ1n) is 5.79. The first-order valence-corrected chi connectivity index (χ1v) is 7.28. The summed E-state index contributed by atoms with van der Waals surface area (Å²) >= 11 is 0. The number of alkyl halides is 2. The van der Waals surface area contributed by atoms with E-state index in [9.17, 15) is 22.0 Å². The molecule has 0 saturated heterocycles. The van der Waals surface area contributed by atoms with Crippen molar-refractivity contribution in [1.29, 1.82) is 0 Å². The van der Waals surface area contributed by atoms with Gasteiger partial charge in [0.15, 0.2) is 5.78 Å². The van der Waals surface area contributed by atoms with Gasteiger partial charge in [-0.2, -0.15) is 0 Å². The molecule has 0 atom stereocenters. The Kier molecular flexibility index (Phi) is 6.18. The smallest absolute Gasteiger partial charge is 0.261 e. The Labute approximate surface area is 116 Å². The molecule has 8 heteroatoms. The van der Waals surface area contributed by atoms with Gasteiger partial charge in [0.25, 0.3) is 6.43 Å². The number of nitrogens with one attached hydrogen (secondary N) is 1. The number of halogens is 2. The van der Waals surface area contributed by atoms with Crippen LogP contribution in [0.1, 0.15) is 17.3 Å². The highest BCUT2D eigenvalue weighted by atomic mass is 32.2. The molecule has 0 saturated carbocycles. The Hall–Kier alpha value is -1.38. The summed E-state index contributed by atoms with van der Waals surface area (Å²) in [4.78, 5) is 11.1. The SMILES string of the molecule is CC(=O)c1cccc(S(=O)(=O)NCCOCC(F)F)c1. The molecular weight excluding hydrogens is 292 g/mol. The fraction of sp³-hybridized carbons (Fsp3) is 0.417. The van der Waals surface area contributed by atoms with Gasteiger partial charge in [0.05, 0.1) is 11.5 Å². The number of carbonyl (C=O) groups excluding carboxylic acids is 1. The minimum atomic E-state index is -3.79. The molecule has 0 radical (unpaired) electrons. The molecule has 1 aromatic rings. The van der Waals surface area contributed by atoms with Crippen LogP contribution in [0, 0.1) is 0 Å². The molecule has 0 fully saturated rings. The van der Waals surface area contributed by atoms with Gasteiger partial charge >= 0.3 is 0 Å². The van der Waals surface area contributed by atoms with Crippen LogP contribution >= 0.6 is 0 Å². The van der Waals surface area contributed by atoms with Crippen LogP contribution < -0.4 is 4.72 Å². The van der Waals surface area contributed by atoms with Gasteiger partial charge in [-0.05, 0) is 19.1 Å². The second-order valence-corrected chi connectivity index (χ2v) is 5.71. The minimum absolute atomic E-state index is 0.0564. The Morgan fingerprint density at radius 2 is 2.10 bits per heavy atom. The van der Waals surface area contributed by atoms with Crippen LogP contribution in [0.3, 0.4) is 0 Å². The summed E-state index contributed by atoms with van der Waals surface area (Å²) in [5.74, 6) is -0.248. The zero-order chi connectivity index (χ0) is 15.2. The molecule has 0 aromatic heterocycles. The molecule has 1 N–H and O–H groups in total. The molecule has 0 aliphatic rings. The maximum atomic E-state index is 11.9. The molecule has 0 spiro atoms. The van der Waals surface area contributed by atoms with Crippen LogP contribution in [0.25, 0.3) is 0 Å². The zero-order valence-corrected chi connectivity index (χ0v) is 11.6. The van der Waals surface area contributed by atoms with Gasteiger partial charge in [-0.3, -0.25) is 4.79 Å². The van der Waals surface area contributed by atoms with Gasteiger partial charge in [0, 0.05) is 12.1 Å². The molecule has 0 amide bonds. The lowest BCUT2D eigenvalue weighted by molar-refractivity contribution is 0.0199. The fourth-order valence-corrected chi connectivity index (χ4v) is 2.44. The monoisotopic (exact) mass is 307 g/mol. The van der Waals surface area contributed by atoms with Gasteiger partial charge < -0.3 is 4.74 Å². The Bertz CT molecular complexity index is 560. The molecule has 0 aliphatic heterocycles. The average molecular weight is 307 g/mol. The predicted molar refractivity (Wildman–Crippen MR) is 68.5 cm³/mol. The summed E-state index contributed by atoms with van der Waals surface area (Å²) in [6.45, 7) is 0.314. The van der Waals surface area contributed by atoms with E-state index in [-0.39, 0.29) is 29.4 Å². The lowest BCUT2D eigenvalue weighted by atomic mass is 10.2. The second-order valence-electron chi connectivity index (χ2n) is 3.95. The lowest BCUT2D eigenvalue weighted by Gasteiger charge is -2.08. The van der Waals surface area contributed by atoms with Gasteiger partial charge in [0.2, 0.25) is 10.0 Å². The third kappa shape index (κ3) is 5.32. The summed E-state index contributed by atoms with van der Waals surface area (Å²) in [5.41, 5.74) is 0.279. The molecule has 0 bridgehead atoms. The standard InChI is InChI=1S/C12H15F2NO4S/c1-9(16)10-3-2-4-11(7-10)20(17,18)15-5-6-19-8-12(13)14/h2-4,7,12,15H,5-6,8H2,1H3. The van der Waals surface area contributed by atoms with E-state index in [0.29, 0.717) is 0 Å². The fourth-order valence-electron chi connectivity index (χ4n) is 1.39. The maximum absolute atomic E-state index is 11.9. The van der Waals surface area contributed by atoms with Crippen molar-refractivity contribution in [2.24, 2.45) is 0 Å². The molecule has 112 valence electrons. The average Bonchev–Trinajstić information content (AvgIpc) is 2.38. The van der Waals surface area contributed by atoms with Crippen molar-refractivity contribution in [2.45, 2.75) is 18.2 Å². The normalized spacial score (nSPS) is 11.8. The topological polar surface area (TPSA) is 72.5 Å². The predicted octanol–water partition coefficient (Wildman–Crippen LogP) is 1.45. The number of benzene rings is 1. The van der Waals surface area contributed by atoms with E-state index >= 15 is 0 Å². The number of sulfonamides is 1. The Morgan fingerprint density at radius 3 is 2.70 bits per heavy atom. The summed E-state index contributed by atoms with van der Waals surface area (Å²) in [5, 5.41) is 0. The first kappa shape index (κ1) is 16.7. The maximum Gasteiger partial charge on any atom is 0.261 e. The van der Waals surface area contributed by atoms with Gasteiger partial charge in [-0.25, -0.2) is 21.9 Å². The summed E-state index contributed by atoms with van der Waals surface area (Å²) in [6, 6.07) is 5.56. The molecule has 0 heterocycles. The van der Waals surface area contributed by atoms with Gasteiger partial charge in [0.1, 0.15) is 6.61 Å². The molecule has 20 heavy (non-hydrogen) atoms. The number of ether oxygens (including phenoxy) is 1. The van der Waals surface area contributed by atoms with E-state index in [0.717, 1.165) is 0 Å². The van der Waals surface area contributed by atoms with Crippen molar-refractivity contribution in [3.63, 3.8) is 0 Å². The Balaban J connectivity index is 2.60. The highest BCUT2D eigenvalue weighted by Gasteiger charge is 2.14. The second kappa shape index (κ2) is 7.41. The van der Waals surface area contributed by atoms with Crippen molar-refractivity contribution in [1.82, 2.24) is 4.72 Å². The van der Waals surface area contributed by atoms with Gasteiger partial charge in [-0.15, -0.1) is 0 Å². The highest BCUT2D eigenvalue weighted by Crippen LogP contribution is 2.11. The van der Waals surface area contributed by atoms with E-state index in [2.05, 4.69) is 9.46 Å². The molecule has 1 aromatic carbocycles. The quantitative estimate of drug-likeness (QED) is 0.583. The third-order valence-corrected chi connectivity index (χ3v) is 3.79. The van der Waals surface area contributed by atoms with E-state index in [1.165, 1.54) is 31.2 Å².